The summed E-state index contributed by atoms with van der Waals surface area (Å²) >= 11 is 13.7. The van der Waals surface area contributed by atoms with Crippen molar-refractivity contribution in [2.45, 2.75) is 25.7 Å². The Balaban J connectivity index is 1.69. The van der Waals surface area contributed by atoms with Crippen molar-refractivity contribution in [1.82, 2.24) is 5.32 Å². The van der Waals surface area contributed by atoms with Gasteiger partial charge in [0.05, 0.1) is 0 Å². The van der Waals surface area contributed by atoms with Crippen LogP contribution < -0.4 is 10.1 Å². The first-order valence-corrected chi connectivity index (χ1v) is 9.90. The van der Waals surface area contributed by atoms with Gasteiger partial charge in [0.25, 0.3) is 5.91 Å². The molecule has 0 bridgehead atoms. The molecule has 2 aromatic rings. The molecule has 0 radical (unpaired) electrons. The molecule has 2 aromatic carbocycles. The van der Waals surface area contributed by atoms with Crippen LogP contribution in [0.4, 0.5) is 0 Å². The second kappa shape index (κ2) is 9.95. The maximum absolute atomic E-state index is 12.1. The third kappa shape index (κ3) is 6.46. The third-order valence-corrected chi connectivity index (χ3v) is 5.18. The third-order valence-electron chi connectivity index (χ3n) is 3.58. The largest absolute Gasteiger partial charge is 0.481 e. The number of carbonyl (C=O) groups excluding carboxylic acids is 1. The number of thioether (sulfide) groups is 1. The molecular formula is C19H21Cl2NO2S. The maximum Gasteiger partial charge on any atom is 0.260 e. The van der Waals surface area contributed by atoms with Gasteiger partial charge in [-0.3, -0.25) is 4.79 Å². The Kier molecular flexibility index (Phi) is 7.94. The lowest BCUT2D eigenvalue weighted by Gasteiger charge is -2.16. The molecule has 0 aliphatic heterocycles. The van der Waals surface area contributed by atoms with Crippen LogP contribution in [0, 0.1) is 6.92 Å². The van der Waals surface area contributed by atoms with Crippen molar-refractivity contribution in [1.29, 1.82) is 0 Å². The van der Waals surface area contributed by atoms with E-state index in [1.165, 1.54) is 0 Å². The van der Waals surface area contributed by atoms with Crippen LogP contribution in [0.3, 0.4) is 0 Å². The molecule has 1 amide bonds. The van der Waals surface area contributed by atoms with Gasteiger partial charge in [-0.2, -0.15) is 11.8 Å². The molecule has 0 unspecified atom stereocenters. The lowest BCUT2D eigenvalue weighted by atomic mass is 10.2. The van der Waals surface area contributed by atoms with Gasteiger partial charge in [0.15, 0.2) is 6.10 Å². The minimum atomic E-state index is -0.531. The fourth-order valence-electron chi connectivity index (χ4n) is 2.14. The number of benzene rings is 2. The zero-order valence-corrected chi connectivity index (χ0v) is 16.5. The summed E-state index contributed by atoms with van der Waals surface area (Å²) in [6.07, 6.45) is -0.531. The van der Waals surface area contributed by atoms with Crippen LogP contribution in [-0.4, -0.2) is 24.3 Å². The monoisotopic (exact) mass is 397 g/mol. The number of halogens is 2. The number of ether oxygens (including phenoxy) is 1. The summed E-state index contributed by atoms with van der Waals surface area (Å²) in [6, 6.07) is 13.2. The number of rotatable bonds is 8. The van der Waals surface area contributed by atoms with Crippen molar-refractivity contribution in [3.8, 4) is 5.75 Å². The highest BCUT2D eigenvalue weighted by molar-refractivity contribution is 7.98. The zero-order valence-electron chi connectivity index (χ0n) is 14.2. The van der Waals surface area contributed by atoms with Crippen LogP contribution >= 0.6 is 35.0 Å². The van der Waals surface area contributed by atoms with Gasteiger partial charge in [-0.25, -0.2) is 0 Å². The molecule has 1 N–H and O–H groups in total. The molecular weight excluding hydrogens is 377 g/mol. The number of nitrogens with one attached hydrogen (secondary N) is 1. The SMILES string of the molecule is Cc1ccccc1O[C@H](C)C(=O)NCCSCc1ccc(Cl)cc1Cl. The van der Waals surface area contributed by atoms with E-state index >= 15 is 0 Å². The molecule has 25 heavy (non-hydrogen) atoms. The van der Waals surface area contributed by atoms with Gasteiger partial charge in [0.2, 0.25) is 0 Å². The Morgan fingerprint density at radius 3 is 2.72 bits per heavy atom. The average molecular weight is 398 g/mol. The van der Waals surface area contributed by atoms with Crippen molar-refractivity contribution in [3.63, 3.8) is 0 Å². The summed E-state index contributed by atoms with van der Waals surface area (Å²) in [5.74, 6) is 2.19. The molecule has 0 spiro atoms. The van der Waals surface area contributed by atoms with Gasteiger partial charge in [0, 0.05) is 28.1 Å². The average Bonchev–Trinajstić information content (AvgIpc) is 2.58. The Morgan fingerprint density at radius 2 is 2.00 bits per heavy atom. The zero-order chi connectivity index (χ0) is 18.2. The Labute approximate surface area is 163 Å². The lowest BCUT2D eigenvalue weighted by molar-refractivity contribution is -0.127. The number of hydrogen-bond donors (Lipinski definition) is 1. The predicted octanol–water partition coefficient (Wildman–Crippen LogP) is 5.12. The van der Waals surface area contributed by atoms with Crippen LogP contribution in [0.25, 0.3) is 0 Å². The summed E-state index contributed by atoms with van der Waals surface area (Å²) in [7, 11) is 0. The van der Waals surface area contributed by atoms with Crippen LogP contribution in [0.2, 0.25) is 10.0 Å². The molecule has 0 aromatic heterocycles. The van der Waals surface area contributed by atoms with Gasteiger partial charge in [-0.15, -0.1) is 0 Å². The number of amides is 1. The van der Waals surface area contributed by atoms with E-state index in [4.69, 9.17) is 27.9 Å². The van der Waals surface area contributed by atoms with E-state index in [0.717, 1.165) is 28.4 Å². The Bertz CT molecular complexity index is 724. The van der Waals surface area contributed by atoms with Gasteiger partial charge in [-0.1, -0.05) is 47.5 Å². The Hall–Kier alpha value is -1.36. The van der Waals surface area contributed by atoms with E-state index in [9.17, 15) is 4.79 Å². The molecule has 0 saturated heterocycles. The van der Waals surface area contributed by atoms with E-state index in [1.54, 1.807) is 24.8 Å². The second-order valence-corrected chi connectivity index (χ2v) is 7.55. The fraction of sp³-hybridized carbons (Fsp3) is 0.316. The molecule has 134 valence electrons. The van der Waals surface area contributed by atoms with E-state index in [2.05, 4.69) is 5.32 Å². The summed E-state index contributed by atoms with van der Waals surface area (Å²) in [5, 5.41) is 4.20. The van der Waals surface area contributed by atoms with Crippen LogP contribution in [0.15, 0.2) is 42.5 Å². The molecule has 0 heterocycles. The first-order valence-electron chi connectivity index (χ1n) is 7.99. The van der Waals surface area contributed by atoms with Gasteiger partial charge in [-0.05, 0) is 43.2 Å². The smallest absolute Gasteiger partial charge is 0.260 e. The summed E-state index contributed by atoms with van der Waals surface area (Å²) < 4.78 is 5.71. The Morgan fingerprint density at radius 1 is 1.24 bits per heavy atom. The summed E-state index contributed by atoms with van der Waals surface area (Å²) in [4.78, 5) is 12.1. The summed E-state index contributed by atoms with van der Waals surface area (Å²) in [5.41, 5.74) is 2.05. The van der Waals surface area contributed by atoms with Crippen LogP contribution in [0.5, 0.6) is 5.75 Å². The van der Waals surface area contributed by atoms with Crippen molar-refractivity contribution in [3.05, 3.63) is 63.6 Å². The number of carbonyl (C=O) groups is 1. The minimum absolute atomic E-state index is 0.117. The molecule has 3 nitrogen and oxygen atoms in total. The molecule has 6 heteroatoms. The van der Waals surface area contributed by atoms with Crippen molar-refractivity contribution >= 4 is 40.9 Å². The van der Waals surface area contributed by atoms with Crippen molar-refractivity contribution in [2.24, 2.45) is 0 Å². The quantitative estimate of drug-likeness (QED) is 0.628. The highest BCUT2D eigenvalue weighted by Crippen LogP contribution is 2.24. The topological polar surface area (TPSA) is 38.3 Å². The highest BCUT2D eigenvalue weighted by atomic mass is 35.5. The molecule has 0 saturated carbocycles. The van der Waals surface area contributed by atoms with E-state index in [-0.39, 0.29) is 5.91 Å². The highest BCUT2D eigenvalue weighted by Gasteiger charge is 2.14. The summed E-state index contributed by atoms with van der Waals surface area (Å²) in [6.45, 7) is 4.29. The van der Waals surface area contributed by atoms with Crippen LogP contribution in [0.1, 0.15) is 18.1 Å². The fourth-order valence-corrected chi connectivity index (χ4v) is 3.56. The normalized spacial score (nSPS) is 11.8. The van der Waals surface area contributed by atoms with Gasteiger partial charge in [0.1, 0.15) is 5.75 Å². The first-order chi connectivity index (χ1) is 12.0. The van der Waals surface area contributed by atoms with Gasteiger partial charge >= 0.3 is 0 Å². The lowest BCUT2D eigenvalue weighted by Crippen LogP contribution is -2.37. The molecule has 1 atom stereocenters. The van der Waals surface area contributed by atoms with E-state index in [1.807, 2.05) is 43.3 Å². The maximum atomic E-state index is 12.1. The van der Waals surface area contributed by atoms with E-state index < -0.39 is 6.10 Å². The van der Waals surface area contributed by atoms with E-state index in [0.29, 0.717) is 16.6 Å². The van der Waals surface area contributed by atoms with Crippen molar-refractivity contribution < 1.29 is 9.53 Å². The van der Waals surface area contributed by atoms with Gasteiger partial charge < -0.3 is 10.1 Å². The molecule has 0 fully saturated rings. The predicted molar refractivity (Wildman–Crippen MR) is 107 cm³/mol. The molecule has 0 aliphatic rings. The molecule has 0 aliphatic carbocycles. The number of para-hydroxylation sites is 1. The standard InChI is InChI=1S/C19H21Cl2NO2S/c1-13-5-3-4-6-18(13)24-14(2)19(23)22-9-10-25-12-15-7-8-16(20)11-17(15)21/h3-8,11,14H,9-10,12H2,1-2H3,(H,22,23)/t14-/m1/s1. The first kappa shape index (κ1) is 20.0. The second-order valence-electron chi connectivity index (χ2n) is 5.60. The number of hydrogen-bond acceptors (Lipinski definition) is 3. The van der Waals surface area contributed by atoms with Crippen LogP contribution in [-0.2, 0) is 10.5 Å². The van der Waals surface area contributed by atoms with Crippen molar-refractivity contribution in [2.75, 3.05) is 12.3 Å². The minimum Gasteiger partial charge on any atom is -0.481 e. The molecule has 2 rings (SSSR count). The number of aryl methyl sites for hydroxylation is 1.